The molecule has 2 atom stereocenters. The molecule has 2 unspecified atom stereocenters. The van der Waals surface area contributed by atoms with Crippen LogP contribution >= 0.6 is 12.6 Å². The molecule has 36 heavy (non-hydrogen) atoms. The number of aliphatic hydroxyl groups is 1. The van der Waals surface area contributed by atoms with Gasteiger partial charge in [0.2, 0.25) is 5.91 Å². The van der Waals surface area contributed by atoms with Gasteiger partial charge in [-0.15, -0.1) is 12.6 Å². The summed E-state index contributed by atoms with van der Waals surface area (Å²) in [5, 5.41) is 17.4. The van der Waals surface area contributed by atoms with Gasteiger partial charge in [-0.1, -0.05) is 32.9 Å². The molecule has 6 nitrogen and oxygen atoms in total. The summed E-state index contributed by atoms with van der Waals surface area (Å²) >= 11 is 4.44. The Morgan fingerprint density at radius 2 is 1.83 bits per heavy atom. The normalized spacial score (nSPS) is 13.4. The minimum atomic E-state index is -0.991. The van der Waals surface area contributed by atoms with Gasteiger partial charge in [-0.05, 0) is 53.1 Å². The number of halogens is 2. The van der Waals surface area contributed by atoms with Crippen molar-refractivity contribution in [2.24, 2.45) is 5.41 Å². The maximum Gasteiger partial charge on any atom is 0.217 e. The van der Waals surface area contributed by atoms with E-state index in [1.807, 2.05) is 16.8 Å². The average Bonchev–Trinajstić information content (AvgIpc) is 3.17. The van der Waals surface area contributed by atoms with Crippen LogP contribution in [0.2, 0.25) is 0 Å². The predicted molar refractivity (Wildman–Crippen MR) is 139 cm³/mol. The molecule has 1 heterocycles. The number of hydrogen-bond acceptors (Lipinski definition) is 5. The zero-order valence-corrected chi connectivity index (χ0v) is 21.9. The van der Waals surface area contributed by atoms with E-state index in [0.29, 0.717) is 17.3 Å². The molecule has 3 aromatic rings. The van der Waals surface area contributed by atoms with E-state index in [4.69, 9.17) is 0 Å². The quantitative estimate of drug-likeness (QED) is 0.304. The van der Waals surface area contributed by atoms with Gasteiger partial charge < -0.3 is 15.7 Å². The molecule has 0 aliphatic carbocycles. The van der Waals surface area contributed by atoms with Gasteiger partial charge in [0.25, 0.3) is 0 Å². The van der Waals surface area contributed by atoms with Crippen molar-refractivity contribution in [3.8, 4) is 5.69 Å². The standard InChI is InChI=1S/C27H34F2N4O2S/c1-17(34)32-23(12-19-10-21(28)13-22(29)11-19)25(35)16-30-15-20-9-18(14-27(2,3)4)5-6-24(20)33-8-7-31-26(33)36/h5-11,13,23,25,30,35H,12,14-16H2,1-4H3,(H,31,36)(H,32,34). The number of nitrogens with zero attached hydrogens (tertiary/aromatic N) is 2. The molecule has 3 N–H and O–H groups in total. The molecule has 9 heteroatoms. The fourth-order valence-corrected chi connectivity index (χ4v) is 4.49. The number of carbonyl (C=O) groups excluding carboxylic acids is 1. The Balaban J connectivity index is 1.75. The highest BCUT2D eigenvalue weighted by Gasteiger charge is 2.22. The lowest BCUT2D eigenvalue weighted by Gasteiger charge is -2.25. The maximum atomic E-state index is 13.6. The first-order chi connectivity index (χ1) is 16.9. The number of imidazole rings is 1. The molecule has 3 rings (SSSR count). The van der Waals surface area contributed by atoms with E-state index in [-0.39, 0.29) is 24.3 Å². The van der Waals surface area contributed by atoms with Crippen LogP contribution in [-0.2, 0) is 24.2 Å². The van der Waals surface area contributed by atoms with Gasteiger partial charge in [0.1, 0.15) is 11.6 Å². The Hall–Kier alpha value is -2.75. The van der Waals surface area contributed by atoms with Crippen molar-refractivity contribution in [2.45, 2.75) is 64.4 Å². The van der Waals surface area contributed by atoms with E-state index >= 15 is 0 Å². The summed E-state index contributed by atoms with van der Waals surface area (Å²) in [5.74, 6) is -1.75. The fraction of sp³-hybridized carbons (Fsp3) is 0.407. The number of amides is 1. The third kappa shape index (κ3) is 8.15. The van der Waals surface area contributed by atoms with Crippen LogP contribution in [0.1, 0.15) is 44.4 Å². The fourth-order valence-electron chi connectivity index (χ4n) is 4.25. The lowest BCUT2D eigenvalue weighted by molar-refractivity contribution is -0.120. The molecule has 1 aromatic heterocycles. The average molecular weight is 517 g/mol. The van der Waals surface area contributed by atoms with Gasteiger partial charge in [0.15, 0.2) is 5.16 Å². The van der Waals surface area contributed by atoms with Gasteiger partial charge >= 0.3 is 0 Å². The first-order valence-corrected chi connectivity index (χ1v) is 12.3. The van der Waals surface area contributed by atoms with E-state index in [1.54, 1.807) is 6.20 Å². The van der Waals surface area contributed by atoms with Gasteiger partial charge in [0.05, 0.1) is 17.8 Å². The van der Waals surface area contributed by atoms with Crippen molar-refractivity contribution in [2.75, 3.05) is 6.54 Å². The highest BCUT2D eigenvalue weighted by molar-refractivity contribution is 7.80. The SMILES string of the molecule is CC(=O)NC(Cc1cc(F)cc(F)c1)C(O)CNCc1cc(CC(C)(C)C)ccc1-n1ccnc1S. The van der Waals surface area contributed by atoms with Gasteiger partial charge in [-0.2, -0.15) is 0 Å². The zero-order valence-electron chi connectivity index (χ0n) is 21.1. The molecule has 1 amide bonds. The number of aliphatic hydroxyl groups excluding tert-OH is 1. The van der Waals surface area contributed by atoms with Gasteiger partial charge in [0, 0.05) is 38.5 Å². The van der Waals surface area contributed by atoms with Gasteiger partial charge in [-0.3, -0.25) is 9.36 Å². The van der Waals surface area contributed by atoms with Crippen LogP contribution in [0, 0.1) is 17.0 Å². The summed E-state index contributed by atoms with van der Waals surface area (Å²) in [6.07, 6.45) is 3.51. The highest BCUT2D eigenvalue weighted by Crippen LogP contribution is 2.25. The molecular weight excluding hydrogens is 482 g/mol. The Bertz CT molecular complexity index is 1170. The molecule has 0 radical (unpaired) electrons. The van der Waals surface area contributed by atoms with Crippen molar-refractivity contribution in [3.63, 3.8) is 0 Å². The summed E-state index contributed by atoms with van der Waals surface area (Å²) in [4.78, 5) is 15.9. The van der Waals surface area contributed by atoms with Crippen molar-refractivity contribution in [3.05, 3.63) is 77.1 Å². The van der Waals surface area contributed by atoms with E-state index in [0.717, 1.165) is 23.7 Å². The van der Waals surface area contributed by atoms with Crippen LogP contribution in [0.3, 0.4) is 0 Å². The van der Waals surface area contributed by atoms with E-state index in [1.165, 1.54) is 24.6 Å². The maximum absolute atomic E-state index is 13.6. The number of hydrogen-bond donors (Lipinski definition) is 4. The minimum absolute atomic E-state index is 0.0848. The Morgan fingerprint density at radius 3 is 2.42 bits per heavy atom. The summed E-state index contributed by atoms with van der Waals surface area (Å²) in [6.45, 7) is 8.49. The Morgan fingerprint density at radius 1 is 1.14 bits per heavy atom. The van der Waals surface area contributed by atoms with Crippen LogP contribution in [-0.4, -0.2) is 39.3 Å². The van der Waals surface area contributed by atoms with Crippen LogP contribution < -0.4 is 10.6 Å². The number of rotatable bonds is 10. The lowest BCUT2D eigenvalue weighted by Crippen LogP contribution is -2.48. The third-order valence-corrected chi connectivity index (χ3v) is 5.99. The second-order valence-electron chi connectivity index (χ2n) is 10.3. The molecule has 0 saturated carbocycles. The van der Waals surface area contributed by atoms with Crippen molar-refractivity contribution < 1.29 is 18.7 Å². The first-order valence-electron chi connectivity index (χ1n) is 11.9. The number of benzene rings is 2. The lowest BCUT2D eigenvalue weighted by atomic mass is 9.87. The second-order valence-corrected chi connectivity index (χ2v) is 10.7. The molecule has 0 aliphatic heterocycles. The van der Waals surface area contributed by atoms with E-state index in [9.17, 15) is 18.7 Å². The van der Waals surface area contributed by atoms with Gasteiger partial charge in [-0.25, -0.2) is 13.8 Å². The first kappa shape index (κ1) is 27.8. The minimum Gasteiger partial charge on any atom is -0.390 e. The molecule has 0 saturated heterocycles. The molecule has 0 aliphatic rings. The number of carbonyl (C=O) groups is 1. The zero-order chi connectivity index (χ0) is 26.5. The van der Waals surface area contributed by atoms with Crippen LogP contribution in [0.15, 0.2) is 53.9 Å². The smallest absolute Gasteiger partial charge is 0.217 e. The summed E-state index contributed by atoms with van der Waals surface area (Å²) in [6, 6.07) is 8.73. The van der Waals surface area contributed by atoms with E-state index < -0.39 is 23.8 Å². The Kier molecular flexibility index (Phi) is 9.27. The number of nitrogens with one attached hydrogen (secondary N) is 2. The van der Waals surface area contributed by atoms with E-state index in [2.05, 4.69) is 61.2 Å². The van der Waals surface area contributed by atoms with Crippen LogP contribution in [0.5, 0.6) is 0 Å². The summed E-state index contributed by atoms with van der Waals surface area (Å²) in [5.41, 5.74) is 3.58. The molecule has 2 aromatic carbocycles. The predicted octanol–water partition coefficient (Wildman–Crippen LogP) is 4.23. The molecule has 0 fully saturated rings. The second kappa shape index (κ2) is 12.0. The molecule has 194 valence electrons. The largest absolute Gasteiger partial charge is 0.390 e. The van der Waals surface area contributed by atoms with Crippen molar-refractivity contribution in [1.82, 2.24) is 20.2 Å². The molecule has 0 bridgehead atoms. The number of thiol groups is 1. The molecule has 0 spiro atoms. The Labute approximate surface area is 216 Å². The summed E-state index contributed by atoms with van der Waals surface area (Å²) in [7, 11) is 0. The third-order valence-electron chi connectivity index (χ3n) is 5.66. The van der Waals surface area contributed by atoms with Crippen LogP contribution in [0.4, 0.5) is 8.78 Å². The molecular formula is C27H34F2N4O2S. The monoisotopic (exact) mass is 516 g/mol. The topological polar surface area (TPSA) is 79.2 Å². The highest BCUT2D eigenvalue weighted by atomic mass is 32.1. The summed E-state index contributed by atoms with van der Waals surface area (Å²) < 4.78 is 29.2. The number of aromatic nitrogens is 2. The van der Waals surface area contributed by atoms with Crippen molar-refractivity contribution in [1.29, 1.82) is 0 Å². The van der Waals surface area contributed by atoms with Crippen molar-refractivity contribution >= 4 is 18.5 Å². The van der Waals surface area contributed by atoms with Crippen LogP contribution in [0.25, 0.3) is 5.69 Å².